The lowest BCUT2D eigenvalue weighted by Gasteiger charge is -2.08. The summed E-state index contributed by atoms with van der Waals surface area (Å²) in [5, 5.41) is 12.6. The van der Waals surface area contributed by atoms with Crippen LogP contribution in [0.1, 0.15) is 28.8 Å². The fourth-order valence-electron chi connectivity index (χ4n) is 2.17. The molecule has 0 saturated heterocycles. The van der Waals surface area contributed by atoms with Gasteiger partial charge < -0.3 is 10.4 Å². The second-order valence-electron chi connectivity index (χ2n) is 5.33. The Morgan fingerprint density at radius 1 is 1.15 bits per heavy atom. The third-order valence-electron chi connectivity index (χ3n) is 3.57. The SMILES string of the molecule is Cc1cc(-c2cccc(C(=O)NC3CC3)c2)ccc1O. The summed E-state index contributed by atoms with van der Waals surface area (Å²) in [7, 11) is 0. The Bertz CT molecular complexity index is 660. The molecule has 1 amide bonds. The summed E-state index contributed by atoms with van der Waals surface area (Å²) >= 11 is 0. The molecular weight excluding hydrogens is 250 g/mol. The second-order valence-corrected chi connectivity index (χ2v) is 5.33. The maximum Gasteiger partial charge on any atom is 0.251 e. The number of benzene rings is 2. The minimum atomic E-state index is -0.00940. The molecule has 3 heteroatoms. The summed E-state index contributed by atoms with van der Waals surface area (Å²) in [5.74, 6) is 0.279. The quantitative estimate of drug-likeness (QED) is 0.896. The third kappa shape index (κ3) is 2.67. The van der Waals surface area contributed by atoms with Crippen LogP contribution in [0.5, 0.6) is 5.75 Å². The van der Waals surface area contributed by atoms with Gasteiger partial charge >= 0.3 is 0 Å². The lowest BCUT2D eigenvalue weighted by atomic mass is 10.0. The smallest absolute Gasteiger partial charge is 0.251 e. The second kappa shape index (κ2) is 5.00. The van der Waals surface area contributed by atoms with Gasteiger partial charge in [-0.05, 0) is 60.7 Å². The fraction of sp³-hybridized carbons (Fsp3) is 0.235. The number of carbonyl (C=O) groups excluding carboxylic acids is 1. The normalized spacial score (nSPS) is 14.1. The van der Waals surface area contributed by atoms with E-state index in [-0.39, 0.29) is 11.7 Å². The lowest BCUT2D eigenvalue weighted by molar-refractivity contribution is 0.0951. The zero-order valence-electron chi connectivity index (χ0n) is 11.4. The molecule has 0 radical (unpaired) electrons. The number of hydrogen-bond acceptors (Lipinski definition) is 2. The van der Waals surface area contributed by atoms with Crippen molar-refractivity contribution in [3.63, 3.8) is 0 Å². The van der Waals surface area contributed by atoms with Crippen LogP contribution in [-0.4, -0.2) is 17.1 Å². The van der Waals surface area contributed by atoms with Gasteiger partial charge in [0.15, 0.2) is 0 Å². The third-order valence-corrected chi connectivity index (χ3v) is 3.57. The molecule has 2 N–H and O–H groups in total. The summed E-state index contributed by atoms with van der Waals surface area (Å²) in [6.07, 6.45) is 2.17. The number of carbonyl (C=O) groups is 1. The maximum atomic E-state index is 12.0. The van der Waals surface area contributed by atoms with E-state index in [9.17, 15) is 9.90 Å². The van der Waals surface area contributed by atoms with Crippen molar-refractivity contribution in [1.82, 2.24) is 5.32 Å². The van der Waals surface area contributed by atoms with Crippen LogP contribution in [0.25, 0.3) is 11.1 Å². The average Bonchev–Trinajstić information content (AvgIpc) is 3.26. The first kappa shape index (κ1) is 12.7. The van der Waals surface area contributed by atoms with Crippen LogP contribution >= 0.6 is 0 Å². The van der Waals surface area contributed by atoms with E-state index in [0.717, 1.165) is 29.5 Å². The largest absolute Gasteiger partial charge is 0.508 e. The number of phenolic OH excluding ortho intramolecular Hbond substituents is 1. The van der Waals surface area contributed by atoms with E-state index in [1.54, 1.807) is 6.07 Å². The van der Waals surface area contributed by atoms with Crippen molar-refractivity contribution in [3.05, 3.63) is 53.6 Å². The number of aromatic hydroxyl groups is 1. The Balaban J connectivity index is 1.89. The number of nitrogens with one attached hydrogen (secondary N) is 1. The van der Waals surface area contributed by atoms with Crippen LogP contribution in [0.15, 0.2) is 42.5 Å². The standard InChI is InChI=1S/C17H17NO2/c1-11-9-13(5-8-16(11)19)12-3-2-4-14(10-12)17(20)18-15-6-7-15/h2-5,8-10,15,19H,6-7H2,1H3,(H,18,20). The van der Waals surface area contributed by atoms with E-state index in [4.69, 9.17) is 0 Å². The van der Waals surface area contributed by atoms with Gasteiger partial charge in [-0.25, -0.2) is 0 Å². The predicted molar refractivity (Wildman–Crippen MR) is 78.8 cm³/mol. The van der Waals surface area contributed by atoms with Crippen LogP contribution in [0.2, 0.25) is 0 Å². The molecule has 3 rings (SSSR count). The van der Waals surface area contributed by atoms with E-state index in [0.29, 0.717) is 11.6 Å². The van der Waals surface area contributed by atoms with E-state index >= 15 is 0 Å². The highest BCUT2D eigenvalue weighted by Gasteiger charge is 2.23. The van der Waals surface area contributed by atoms with Gasteiger partial charge in [0.25, 0.3) is 5.91 Å². The van der Waals surface area contributed by atoms with Gasteiger partial charge in [-0.2, -0.15) is 0 Å². The molecule has 1 saturated carbocycles. The van der Waals surface area contributed by atoms with Crippen molar-refractivity contribution < 1.29 is 9.90 Å². The van der Waals surface area contributed by atoms with Gasteiger partial charge in [-0.15, -0.1) is 0 Å². The summed E-state index contributed by atoms with van der Waals surface area (Å²) in [4.78, 5) is 12.0. The molecule has 102 valence electrons. The van der Waals surface area contributed by atoms with Crippen molar-refractivity contribution in [1.29, 1.82) is 0 Å². The molecule has 0 unspecified atom stereocenters. The van der Waals surface area contributed by atoms with Crippen LogP contribution in [-0.2, 0) is 0 Å². The topological polar surface area (TPSA) is 49.3 Å². The molecule has 20 heavy (non-hydrogen) atoms. The molecule has 1 fully saturated rings. The highest BCUT2D eigenvalue weighted by molar-refractivity contribution is 5.95. The van der Waals surface area contributed by atoms with Crippen LogP contribution in [0.3, 0.4) is 0 Å². The Kier molecular flexibility index (Phi) is 3.18. The molecule has 0 aliphatic heterocycles. The van der Waals surface area contributed by atoms with Gasteiger partial charge in [0, 0.05) is 11.6 Å². The van der Waals surface area contributed by atoms with Crippen molar-refractivity contribution in [3.8, 4) is 16.9 Å². The highest BCUT2D eigenvalue weighted by atomic mass is 16.3. The van der Waals surface area contributed by atoms with E-state index in [1.807, 2.05) is 43.3 Å². The number of rotatable bonds is 3. The molecule has 2 aromatic carbocycles. The predicted octanol–water partition coefficient (Wildman–Crippen LogP) is 3.26. The number of amides is 1. The van der Waals surface area contributed by atoms with Crippen molar-refractivity contribution in [2.45, 2.75) is 25.8 Å². The minimum Gasteiger partial charge on any atom is -0.508 e. The van der Waals surface area contributed by atoms with Crippen molar-refractivity contribution >= 4 is 5.91 Å². The first-order valence-electron chi connectivity index (χ1n) is 6.84. The van der Waals surface area contributed by atoms with Gasteiger partial charge in [-0.1, -0.05) is 18.2 Å². The molecule has 0 atom stereocenters. The Hall–Kier alpha value is -2.29. The molecular formula is C17H17NO2. The Labute approximate surface area is 118 Å². The maximum absolute atomic E-state index is 12.0. The van der Waals surface area contributed by atoms with Crippen LogP contribution in [0, 0.1) is 6.92 Å². The zero-order valence-corrected chi connectivity index (χ0v) is 11.4. The summed E-state index contributed by atoms with van der Waals surface area (Å²) in [6.45, 7) is 1.86. The monoisotopic (exact) mass is 267 g/mol. The van der Waals surface area contributed by atoms with Crippen LogP contribution < -0.4 is 5.32 Å². The van der Waals surface area contributed by atoms with Crippen LogP contribution in [0.4, 0.5) is 0 Å². The van der Waals surface area contributed by atoms with E-state index < -0.39 is 0 Å². The van der Waals surface area contributed by atoms with Crippen molar-refractivity contribution in [2.75, 3.05) is 0 Å². The number of aryl methyl sites for hydroxylation is 1. The van der Waals surface area contributed by atoms with Gasteiger partial charge in [0.05, 0.1) is 0 Å². The lowest BCUT2D eigenvalue weighted by Crippen LogP contribution is -2.25. The molecule has 0 aromatic heterocycles. The zero-order chi connectivity index (χ0) is 14.1. The molecule has 1 aliphatic rings. The Morgan fingerprint density at radius 3 is 2.60 bits per heavy atom. The number of phenols is 1. The molecule has 2 aromatic rings. The molecule has 0 heterocycles. The van der Waals surface area contributed by atoms with Gasteiger partial charge in [-0.3, -0.25) is 4.79 Å². The summed E-state index contributed by atoms with van der Waals surface area (Å²) < 4.78 is 0. The minimum absolute atomic E-state index is 0.00940. The summed E-state index contributed by atoms with van der Waals surface area (Å²) in [6, 6.07) is 13.4. The van der Waals surface area contributed by atoms with Gasteiger partial charge in [0.1, 0.15) is 5.75 Å². The average molecular weight is 267 g/mol. The molecule has 3 nitrogen and oxygen atoms in total. The first-order chi connectivity index (χ1) is 9.63. The van der Waals surface area contributed by atoms with Gasteiger partial charge in [0.2, 0.25) is 0 Å². The first-order valence-corrected chi connectivity index (χ1v) is 6.84. The summed E-state index contributed by atoms with van der Waals surface area (Å²) in [5.41, 5.74) is 3.49. The fourth-order valence-corrected chi connectivity index (χ4v) is 2.17. The number of hydrogen-bond donors (Lipinski definition) is 2. The molecule has 0 bridgehead atoms. The van der Waals surface area contributed by atoms with Crippen molar-refractivity contribution in [2.24, 2.45) is 0 Å². The van der Waals surface area contributed by atoms with E-state index in [2.05, 4.69) is 5.32 Å². The highest BCUT2D eigenvalue weighted by Crippen LogP contribution is 2.26. The van der Waals surface area contributed by atoms with E-state index in [1.165, 1.54) is 0 Å². The molecule has 0 spiro atoms. The Morgan fingerprint density at radius 2 is 1.90 bits per heavy atom. The molecule has 1 aliphatic carbocycles.